The van der Waals surface area contributed by atoms with Gasteiger partial charge in [-0.3, -0.25) is 9.52 Å². The summed E-state index contributed by atoms with van der Waals surface area (Å²) in [5.74, 6) is -0.892. The third-order valence-corrected chi connectivity index (χ3v) is 6.21. The molecule has 0 aromatic heterocycles. The number of carbonyl (C=O) groups excluding carboxylic acids is 1. The molecule has 1 aliphatic heterocycles. The van der Waals surface area contributed by atoms with Gasteiger partial charge in [0.1, 0.15) is 5.82 Å². The Hall–Kier alpha value is -3.30. The lowest BCUT2D eigenvalue weighted by Crippen LogP contribution is -2.29. The molecule has 4 rings (SSSR count). The summed E-state index contributed by atoms with van der Waals surface area (Å²) in [5.41, 5.74) is 0.561. The Bertz CT molecular complexity index is 1310. The lowest BCUT2D eigenvalue weighted by Gasteiger charge is -2.16. The molecule has 1 amide bonds. The number of nitrogens with one attached hydrogen (secondary N) is 2. The number of carbonyl (C=O) groups is 1. The number of fused-ring (bicyclic) bond motifs is 1. The van der Waals surface area contributed by atoms with Crippen LogP contribution in [-0.2, 0) is 10.0 Å². The molecule has 0 radical (unpaired) electrons. The van der Waals surface area contributed by atoms with E-state index in [1.807, 2.05) is 0 Å². The standard InChI is InChI=1S/C22H18ClFN2O5S/c1-22(2)30-19-10-7-15(11-20(19)31-22)25-21(27)17-12-16(8-9-18(17)23)32(28,29)26-14-5-3-13(24)4-6-14/h3-12,26H,1-2H3,(H,25,27). The normalized spacial score (nSPS) is 14.1. The van der Waals surface area contributed by atoms with Gasteiger partial charge in [0.15, 0.2) is 11.5 Å². The van der Waals surface area contributed by atoms with Crippen LogP contribution in [0.5, 0.6) is 11.5 Å². The summed E-state index contributed by atoms with van der Waals surface area (Å²) in [4.78, 5) is 12.6. The maximum absolute atomic E-state index is 13.1. The van der Waals surface area contributed by atoms with E-state index in [9.17, 15) is 17.6 Å². The van der Waals surface area contributed by atoms with Crippen LogP contribution in [0.1, 0.15) is 24.2 Å². The first kappa shape index (κ1) is 21.9. The monoisotopic (exact) mass is 476 g/mol. The minimum Gasteiger partial charge on any atom is -0.449 e. The first-order valence-electron chi connectivity index (χ1n) is 9.44. The number of amides is 1. The van der Waals surface area contributed by atoms with Gasteiger partial charge in [-0.25, -0.2) is 12.8 Å². The predicted molar refractivity (Wildman–Crippen MR) is 118 cm³/mol. The molecule has 2 N–H and O–H groups in total. The minimum atomic E-state index is -4.04. The van der Waals surface area contributed by atoms with Gasteiger partial charge in [-0.2, -0.15) is 0 Å². The average molecular weight is 477 g/mol. The van der Waals surface area contributed by atoms with Gasteiger partial charge in [0.2, 0.25) is 5.79 Å². The summed E-state index contributed by atoms with van der Waals surface area (Å²) in [6, 6.07) is 13.5. The second-order valence-electron chi connectivity index (χ2n) is 7.47. The van der Waals surface area contributed by atoms with Crippen LogP contribution in [0, 0.1) is 5.82 Å². The van der Waals surface area contributed by atoms with Crippen molar-refractivity contribution in [3.8, 4) is 11.5 Å². The first-order valence-corrected chi connectivity index (χ1v) is 11.3. The zero-order chi connectivity index (χ0) is 23.1. The van der Waals surface area contributed by atoms with Gasteiger partial charge in [0.05, 0.1) is 15.5 Å². The Morgan fingerprint density at radius 3 is 2.31 bits per heavy atom. The summed E-state index contributed by atoms with van der Waals surface area (Å²) in [6.45, 7) is 3.52. The summed E-state index contributed by atoms with van der Waals surface area (Å²) < 4.78 is 52.1. The SMILES string of the molecule is CC1(C)Oc2ccc(NC(=O)c3cc(S(=O)(=O)Nc4ccc(F)cc4)ccc3Cl)cc2O1. The molecule has 7 nitrogen and oxygen atoms in total. The Kier molecular flexibility index (Phi) is 5.47. The number of ether oxygens (including phenoxy) is 2. The van der Waals surface area contributed by atoms with Crippen molar-refractivity contribution in [2.45, 2.75) is 24.5 Å². The topological polar surface area (TPSA) is 93.7 Å². The van der Waals surface area contributed by atoms with Crippen LogP contribution < -0.4 is 19.5 Å². The smallest absolute Gasteiger partial charge is 0.261 e. The van der Waals surface area contributed by atoms with Crippen molar-refractivity contribution in [1.82, 2.24) is 0 Å². The van der Waals surface area contributed by atoms with E-state index in [2.05, 4.69) is 10.0 Å². The molecule has 32 heavy (non-hydrogen) atoms. The van der Waals surface area contributed by atoms with Crippen molar-refractivity contribution in [3.05, 3.63) is 77.1 Å². The zero-order valence-corrected chi connectivity index (χ0v) is 18.6. The lowest BCUT2D eigenvalue weighted by atomic mass is 10.2. The number of hydrogen-bond donors (Lipinski definition) is 2. The zero-order valence-electron chi connectivity index (χ0n) is 17.0. The fourth-order valence-electron chi connectivity index (χ4n) is 3.08. The van der Waals surface area contributed by atoms with E-state index in [0.29, 0.717) is 17.2 Å². The molecule has 0 bridgehead atoms. The van der Waals surface area contributed by atoms with Gasteiger partial charge in [-0.05, 0) is 54.6 Å². The molecule has 10 heteroatoms. The second kappa shape index (κ2) is 7.99. The van der Waals surface area contributed by atoms with Gasteiger partial charge in [-0.1, -0.05) is 11.6 Å². The van der Waals surface area contributed by atoms with Gasteiger partial charge >= 0.3 is 0 Å². The van der Waals surface area contributed by atoms with Crippen molar-refractivity contribution >= 4 is 38.9 Å². The van der Waals surface area contributed by atoms with E-state index in [1.165, 1.54) is 30.3 Å². The Morgan fingerprint density at radius 2 is 1.59 bits per heavy atom. The number of halogens is 2. The first-order chi connectivity index (χ1) is 15.0. The summed E-state index contributed by atoms with van der Waals surface area (Å²) in [6.07, 6.45) is 0. The molecule has 1 heterocycles. The number of sulfonamides is 1. The van der Waals surface area contributed by atoms with Crippen molar-refractivity contribution in [3.63, 3.8) is 0 Å². The summed E-state index contributed by atoms with van der Waals surface area (Å²) >= 11 is 6.15. The second-order valence-corrected chi connectivity index (χ2v) is 9.56. The van der Waals surface area contributed by atoms with Gasteiger partial charge < -0.3 is 14.8 Å². The molecule has 0 aliphatic carbocycles. The summed E-state index contributed by atoms with van der Waals surface area (Å²) in [7, 11) is -4.04. The third-order valence-electron chi connectivity index (χ3n) is 4.50. The molecule has 0 saturated heterocycles. The number of benzene rings is 3. The maximum Gasteiger partial charge on any atom is 0.261 e. The molecule has 3 aromatic rings. The largest absolute Gasteiger partial charge is 0.449 e. The molecule has 1 aliphatic rings. The summed E-state index contributed by atoms with van der Waals surface area (Å²) in [5, 5.41) is 2.75. The van der Waals surface area contributed by atoms with Crippen LogP contribution in [0.15, 0.2) is 65.6 Å². The van der Waals surface area contributed by atoms with Crippen molar-refractivity contribution in [2.75, 3.05) is 10.0 Å². The van der Waals surface area contributed by atoms with E-state index in [-0.39, 0.29) is 21.2 Å². The number of anilines is 2. The number of hydrogen-bond acceptors (Lipinski definition) is 5. The minimum absolute atomic E-state index is 0.0355. The van der Waals surface area contributed by atoms with Crippen LogP contribution in [0.25, 0.3) is 0 Å². The molecular weight excluding hydrogens is 459 g/mol. The van der Waals surface area contributed by atoms with Crippen LogP contribution >= 0.6 is 11.6 Å². The third kappa shape index (κ3) is 4.63. The average Bonchev–Trinajstić information content (AvgIpc) is 3.02. The molecule has 0 unspecified atom stereocenters. The van der Waals surface area contributed by atoms with Crippen molar-refractivity contribution in [2.24, 2.45) is 0 Å². The number of rotatable bonds is 5. The van der Waals surface area contributed by atoms with E-state index in [4.69, 9.17) is 21.1 Å². The highest BCUT2D eigenvalue weighted by molar-refractivity contribution is 7.92. The quantitative estimate of drug-likeness (QED) is 0.538. The van der Waals surface area contributed by atoms with Gasteiger partial charge in [0.25, 0.3) is 15.9 Å². The molecule has 3 aromatic carbocycles. The van der Waals surface area contributed by atoms with Gasteiger partial charge in [0, 0.05) is 31.3 Å². The van der Waals surface area contributed by atoms with Crippen LogP contribution in [-0.4, -0.2) is 20.1 Å². The highest BCUT2D eigenvalue weighted by Gasteiger charge is 2.31. The van der Waals surface area contributed by atoms with Crippen molar-refractivity contribution < 1.29 is 27.1 Å². The molecule has 166 valence electrons. The van der Waals surface area contributed by atoms with E-state index >= 15 is 0 Å². The van der Waals surface area contributed by atoms with Gasteiger partial charge in [-0.15, -0.1) is 0 Å². The molecule has 0 fully saturated rings. The predicted octanol–water partition coefficient (Wildman–Crippen LogP) is 5.04. The van der Waals surface area contributed by atoms with Crippen LogP contribution in [0.3, 0.4) is 0 Å². The van der Waals surface area contributed by atoms with E-state index in [0.717, 1.165) is 12.1 Å². The highest BCUT2D eigenvalue weighted by atomic mass is 35.5. The van der Waals surface area contributed by atoms with E-state index < -0.39 is 27.5 Å². The maximum atomic E-state index is 13.1. The highest BCUT2D eigenvalue weighted by Crippen LogP contribution is 2.40. The Morgan fingerprint density at radius 1 is 0.938 bits per heavy atom. The van der Waals surface area contributed by atoms with Crippen LogP contribution in [0.2, 0.25) is 5.02 Å². The molecule has 0 spiro atoms. The molecular formula is C22H18ClFN2O5S. The van der Waals surface area contributed by atoms with Crippen molar-refractivity contribution in [1.29, 1.82) is 0 Å². The van der Waals surface area contributed by atoms with Crippen LogP contribution in [0.4, 0.5) is 15.8 Å². The lowest BCUT2D eigenvalue weighted by molar-refractivity contribution is -0.0431. The molecule has 0 atom stereocenters. The molecule has 0 saturated carbocycles. The fourth-order valence-corrected chi connectivity index (χ4v) is 4.36. The Balaban J connectivity index is 1.56. The van der Waals surface area contributed by atoms with E-state index in [1.54, 1.807) is 32.0 Å². The fraction of sp³-hybridized carbons (Fsp3) is 0.136. The Labute approximate surface area is 189 Å².